The average Bonchev–Trinajstić information content (AvgIpc) is 2.72. The van der Waals surface area contributed by atoms with E-state index in [-0.39, 0.29) is 5.91 Å². The molecule has 0 aromatic heterocycles. The van der Waals surface area contributed by atoms with Gasteiger partial charge in [-0.3, -0.25) is 4.79 Å². The molecule has 0 radical (unpaired) electrons. The van der Waals surface area contributed by atoms with E-state index >= 15 is 0 Å². The highest BCUT2D eigenvalue weighted by Crippen LogP contribution is 2.21. The number of hydrogen-bond acceptors (Lipinski definition) is 2. The molecule has 3 rings (SSSR count). The summed E-state index contributed by atoms with van der Waals surface area (Å²) in [5.41, 5.74) is 4.48. The van der Waals surface area contributed by atoms with Gasteiger partial charge in [0.05, 0.1) is 0 Å². The lowest BCUT2D eigenvalue weighted by atomic mass is 10.1. The Morgan fingerprint density at radius 1 is 0.828 bits per heavy atom. The summed E-state index contributed by atoms with van der Waals surface area (Å²) >= 11 is 0. The van der Waals surface area contributed by atoms with E-state index in [4.69, 9.17) is 4.74 Å². The predicted octanol–water partition coefficient (Wildman–Crippen LogP) is 5.69. The number of rotatable bonds is 8. The zero-order valence-corrected chi connectivity index (χ0v) is 17.5. The lowest BCUT2D eigenvalue weighted by Crippen LogP contribution is -2.41. The quantitative estimate of drug-likeness (QED) is 0.497. The van der Waals surface area contributed by atoms with Gasteiger partial charge < -0.3 is 9.64 Å². The molecule has 29 heavy (non-hydrogen) atoms. The largest absolute Gasteiger partial charge is 0.481 e. The molecular formula is C26H29NO2. The molecule has 0 aliphatic rings. The molecule has 1 amide bonds. The Bertz CT molecular complexity index is 860. The van der Waals surface area contributed by atoms with E-state index in [1.165, 1.54) is 0 Å². The summed E-state index contributed by atoms with van der Waals surface area (Å²) in [6, 6.07) is 26.3. The van der Waals surface area contributed by atoms with Gasteiger partial charge in [0.25, 0.3) is 5.91 Å². The first-order valence-corrected chi connectivity index (χ1v) is 10.2. The van der Waals surface area contributed by atoms with Gasteiger partial charge in [0.15, 0.2) is 6.10 Å². The summed E-state index contributed by atoms with van der Waals surface area (Å²) in [6.07, 6.45) is 0.106. The Labute approximate surface area is 174 Å². The normalized spacial score (nSPS) is 11.7. The standard InChI is InChI=1S/C26H29NO2/c1-4-25(29-24-16-20(2)15-21(3)17-24)26(28)27(18-22-11-7-5-8-12-22)19-23-13-9-6-10-14-23/h5-17,25H,4,18-19H2,1-3H3/t25-/m1/s1. The molecule has 0 bridgehead atoms. The maximum Gasteiger partial charge on any atom is 0.264 e. The third-order valence-corrected chi connectivity index (χ3v) is 4.86. The van der Waals surface area contributed by atoms with Gasteiger partial charge in [0.1, 0.15) is 5.75 Å². The molecule has 0 unspecified atom stereocenters. The Hall–Kier alpha value is -3.07. The molecule has 3 aromatic rings. The molecule has 1 atom stereocenters. The van der Waals surface area contributed by atoms with E-state index in [9.17, 15) is 4.79 Å². The maximum absolute atomic E-state index is 13.5. The van der Waals surface area contributed by atoms with E-state index in [1.807, 2.05) is 74.2 Å². The summed E-state index contributed by atoms with van der Waals surface area (Å²) < 4.78 is 6.15. The zero-order chi connectivity index (χ0) is 20.6. The van der Waals surface area contributed by atoms with Crippen molar-refractivity contribution in [1.29, 1.82) is 0 Å². The smallest absolute Gasteiger partial charge is 0.264 e. The van der Waals surface area contributed by atoms with Crippen LogP contribution in [0.3, 0.4) is 0 Å². The van der Waals surface area contributed by atoms with Crippen LogP contribution in [0.5, 0.6) is 5.75 Å². The Kier molecular flexibility index (Phi) is 7.07. The molecule has 3 heteroatoms. The Balaban J connectivity index is 1.82. The first-order valence-electron chi connectivity index (χ1n) is 10.2. The zero-order valence-electron chi connectivity index (χ0n) is 17.5. The van der Waals surface area contributed by atoms with Crippen molar-refractivity contribution in [2.45, 2.75) is 46.4 Å². The second kappa shape index (κ2) is 9.92. The highest BCUT2D eigenvalue weighted by Gasteiger charge is 2.25. The molecule has 0 spiro atoms. The Morgan fingerprint density at radius 3 is 1.76 bits per heavy atom. The van der Waals surface area contributed by atoms with Crippen molar-refractivity contribution in [3.05, 3.63) is 101 Å². The lowest BCUT2D eigenvalue weighted by molar-refractivity contribution is -0.140. The monoisotopic (exact) mass is 387 g/mol. The average molecular weight is 388 g/mol. The number of ether oxygens (including phenoxy) is 1. The number of hydrogen-bond donors (Lipinski definition) is 0. The number of amides is 1. The van der Waals surface area contributed by atoms with Gasteiger partial charge in [-0.1, -0.05) is 73.7 Å². The van der Waals surface area contributed by atoms with Gasteiger partial charge in [-0.05, 0) is 54.7 Å². The van der Waals surface area contributed by atoms with Crippen LogP contribution in [0.4, 0.5) is 0 Å². The van der Waals surface area contributed by atoms with Gasteiger partial charge in [0, 0.05) is 13.1 Å². The molecule has 0 saturated carbocycles. The summed E-state index contributed by atoms with van der Waals surface area (Å²) in [5.74, 6) is 0.765. The molecule has 150 valence electrons. The molecule has 3 nitrogen and oxygen atoms in total. The lowest BCUT2D eigenvalue weighted by Gasteiger charge is -2.28. The van der Waals surface area contributed by atoms with Crippen LogP contribution in [0.1, 0.15) is 35.6 Å². The minimum atomic E-state index is -0.511. The molecule has 0 saturated heterocycles. The SMILES string of the molecule is CC[C@@H](Oc1cc(C)cc(C)c1)C(=O)N(Cc1ccccc1)Cc1ccccc1. The predicted molar refractivity (Wildman–Crippen MR) is 118 cm³/mol. The molecule has 0 N–H and O–H groups in total. The molecule has 0 heterocycles. The van der Waals surface area contributed by atoms with Crippen LogP contribution >= 0.6 is 0 Å². The maximum atomic E-state index is 13.5. The second-order valence-corrected chi connectivity index (χ2v) is 7.50. The number of aryl methyl sites for hydroxylation is 2. The molecule has 3 aromatic carbocycles. The second-order valence-electron chi connectivity index (χ2n) is 7.50. The van der Waals surface area contributed by atoms with Crippen LogP contribution in [0.25, 0.3) is 0 Å². The van der Waals surface area contributed by atoms with Gasteiger partial charge in [-0.15, -0.1) is 0 Å². The molecular weight excluding hydrogens is 358 g/mol. The topological polar surface area (TPSA) is 29.5 Å². The van der Waals surface area contributed by atoms with Crippen LogP contribution in [0.2, 0.25) is 0 Å². The van der Waals surface area contributed by atoms with Crippen molar-refractivity contribution in [3.63, 3.8) is 0 Å². The molecule has 0 aliphatic carbocycles. The highest BCUT2D eigenvalue weighted by molar-refractivity contribution is 5.81. The molecule has 0 aliphatic heterocycles. The van der Waals surface area contributed by atoms with Crippen LogP contribution in [0.15, 0.2) is 78.9 Å². The summed E-state index contributed by atoms with van der Waals surface area (Å²) in [6.45, 7) is 7.19. The van der Waals surface area contributed by atoms with Crippen molar-refractivity contribution in [1.82, 2.24) is 4.90 Å². The van der Waals surface area contributed by atoms with Crippen LogP contribution in [0, 0.1) is 13.8 Å². The number of benzene rings is 3. The van der Waals surface area contributed by atoms with Crippen LogP contribution < -0.4 is 4.74 Å². The van der Waals surface area contributed by atoms with Crippen molar-refractivity contribution >= 4 is 5.91 Å². The van der Waals surface area contributed by atoms with Gasteiger partial charge >= 0.3 is 0 Å². The van der Waals surface area contributed by atoms with Gasteiger partial charge in [-0.25, -0.2) is 0 Å². The van der Waals surface area contributed by atoms with Gasteiger partial charge in [-0.2, -0.15) is 0 Å². The number of nitrogens with zero attached hydrogens (tertiary/aromatic N) is 1. The Morgan fingerprint density at radius 2 is 1.31 bits per heavy atom. The van der Waals surface area contributed by atoms with Crippen LogP contribution in [-0.2, 0) is 17.9 Å². The van der Waals surface area contributed by atoms with Crippen molar-refractivity contribution in [3.8, 4) is 5.75 Å². The van der Waals surface area contributed by atoms with E-state index in [0.717, 1.165) is 28.0 Å². The first kappa shape index (κ1) is 20.7. The number of carbonyl (C=O) groups excluding carboxylic acids is 1. The fourth-order valence-electron chi connectivity index (χ4n) is 3.50. The van der Waals surface area contributed by atoms with Crippen molar-refractivity contribution < 1.29 is 9.53 Å². The highest BCUT2D eigenvalue weighted by atomic mass is 16.5. The van der Waals surface area contributed by atoms with E-state index in [2.05, 4.69) is 30.3 Å². The van der Waals surface area contributed by atoms with Crippen molar-refractivity contribution in [2.75, 3.05) is 0 Å². The fraction of sp³-hybridized carbons (Fsp3) is 0.269. The summed E-state index contributed by atoms with van der Waals surface area (Å²) in [5, 5.41) is 0. The van der Waals surface area contributed by atoms with Gasteiger partial charge in [0.2, 0.25) is 0 Å². The number of carbonyl (C=O) groups is 1. The van der Waals surface area contributed by atoms with E-state index in [1.54, 1.807) is 0 Å². The molecule has 0 fully saturated rings. The minimum absolute atomic E-state index is 0.0133. The third-order valence-electron chi connectivity index (χ3n) is 4.86. The third kappa shape index (κ3) is 5.95. The first-order chi connectivity index (χ1) is 14.0. The van der Waals surface area contributed by atoms with E-state index < -0.39 is 6.10 Å². The van der Waals surface area contributed by atoms with E-state index in [0.29, 0.717) is 19.5 Å². The van der Waals surface area contributed by atoms with Crippen LogP contribution in [-0.4, -0.2) is 16.9 Å². The summed E-state index contributed by atoms with van der Waals surface area (Å²) in [4.78, 5) is 15.3. The minimum Gasteiger partial charge on any atom is -0.481 e. The van der Waals surface area contributed by atoms with Crippen molar-refractivity contribution in [2.24, 2.45) is 0 Å². The summed E-state index contributed by atoms with van der Waals surface area (Å²) in [7, 11) is 0. The fourth-order valence-corrected chi connectivity index (χ4v) is 3.50.